The molecule has 9 heteroatoms. The number of carbonyl (C=O) groups is 1. The normalized spacial score (nSPS) is 21.7. The van der Waals surface area contributed by atoms with Gasteiger partial charge in [-0.2, -0.15) is 4.98 Å². The molecule has 0 spiro atoms. The predicted octanol–water partition coefficient (Wildman–Crippen LogP) is 4.36. The maximum absolute atomic E-state index is 13.3. The van der Waals surface area contributed by atoms with Gasteiger partial charge in [0, 0.05) is 23.0 Å². The van der Waals surface area contributed by atoms with Crippen molar-refractivity contribution in [2.24, 2.45) is 0 Å². The molecule has 1 aliphatic heterocycles. The van der Waals surface area contributed by atoms with Gasteiger partial charge in [-0.15, -0.1) is 0 Å². The zero-order valence-corrected chi connectivity index (χ0v) is 17.5. The molecule has 3 atom stereocenters. The molecule has 1 N–H and O–H groups in total. The van der Waals surface area contributed by atoms with Crippen molar-refractivity contribution < 1.29 is 18.4 Å². The van der Waals surface area contributed by atoms with Crippen LogP contribution >= 0.6 is 0 Å². The van der Waals surface area contributed by atoms with Gasteiger partial charge < -0.3 is 14.6 Å². The minimum Gasteiger partial charge on any atom is -0.369 e. The third-order valence-corrected chi connectivity index (χ3v) is 6.14. The van der Waals surface area contributed by atoms with E-state index in [2.05, 4.69) is 20.4 Å². The number of amides is 1. The van der Waals surface area contributed by atoms with Crippen LogP contribution in [0.4, 0.5) is 10.1 Å². The lowest BCUT2D eigenvalue weighted by Gasteiger charge is -2.10. The second-order valence-corrected chi connectivity index (χ2v) is 8.38. The van der Waals surface area contributed by atoms with Gasteiger partial charge in [-0.05, 0) is 43.5 Å². The third-order valence-electron chi connectivity index (χ3n) is 6.14. The maximum atomic E-state index is 13.3. The van der Waals surface area contributed by atoms with E-state index in [1.165, 1.54) is 0 Å². The molecule has 1 aromatic carbocycles. The van der Waals surface area contributed by atoms with Crippen LogP contribution in [0.25, 0.3) is 17.0 Å². The van der Waals surface area contributed by atoms with Gasteiger partial charge in [0.25, 0.3) is 5.91 Å². The van der Waals surface area contributed by atoms with Crippen LogP contribution in [0.5, 0.6) is 0 Å². The van der Waals surface area contributed by atoms with Crippen LogP contribution < -0.4 is 5.32 Å². The van der Waals surface area contributed by atoms with Crippen LogP contribution in [0.15, 0.2) is 41.2 Å². The molecule has 0 unspecified atom stereocenters. The number of nitrogens with zero attached hydrogens (tertiary/aromatic N) is 4. The van der Waals surface area contributed by atoms with E-state index in [4.69, 9.17) is 9.26 Å². The number of ether oxygens (including phenoxy) is 1. The minimum absolute atomic E-state index is 0.0187. The summed E-state index contributed by atoms with van der Waals surface area (Å²) in [6.45, 7) is 4.45. The average molecular weight is 433 g/mol. The highest BCUT2D eigenvalue weighted by molar-refractivity contribution is 6.04. The molecule has 32 heavy (non-hydrogen) atoms. The Morgan fingerprint density at radius 3 is 2.97 bits per heavy atom. The third kappa shape index (κ3) is 3.08. The second kappa shape index (κ2) is 6.96. The quantitative estimate of drug-likeness (QED) is 0.514. The van der Waals surface area contributed by atoms with Crippen LogP contribution in [0.1, 0.15) is 58.4 Å². The Morgan fingerprint density at radius 1 is 1.31 bits per heavy atom. The maximum Gasteiger partial charge on any atom is 0.274 e. The van der Waals surface area contributed by atoms with Crippen LogP contribution in [0, 0.1) is 6.92 Å². The van der Waals surface area contributed by atoms with Crippen molar-refractivity contribution in [2.45, 2.75) is 45.1 Å². The molecule has 4 heterocycles. The van der Waals surface area contributed by atoms with Crippen LogP contribution in [-0.2, 0) is 11.3 Å². The fourth-order valence-electron chi connectivity index (χ4n) is 4.05. The van der Waals surface area contributed by atoms with Gasteiger partial charge in [0.15, 0.2) is 0 Å². The first-order valence-electron chi connectivity index (χ1n) is 10.5. The van der Waals surface area contributed by atoms with E-state index in [9.17, 15) is 9.18 Å². The van der Waals surface area contributed by atoms with Crippen molar-refractivity contribution in [1.82, 2.24) is 19.5 Å². The number of aryl methyl sites for hydroxylation is 1. The van der Waals surface area contributed by atoms with E-state index in [0.717, 1.165) is 16.7 Å². The standard InChI is InChI=1S/C23H20FN5O3/c1-11-3-4-13(21-27-23(32-28-21)15-7-17(15)24)5-18(11)26-22(30)19-8-25-20-6-14-10-31-12(2)16(14)9-29(19)20/h3-6,8-9,12,15,17H,7,10H2,1-2H3,(H,26,30)/t12-,15-,17-/m0/s1. The Balaban J connectivity index is 1.29. The smallest absolute Gasteiger partial charge is 0.274 e. The van der Waals surface area contributed by atoms with Crippen molar-refractivity contribution in [1.29, 1.82) is 0 Å². The number of hydrogen-bond donors (Lipinski definition) is 1. The number of hydrogen-bond acceptors (Lipinski definition) is 6. The van der Waals surface area contributed by atoms with E-state index in [-0.39, 0.29) is 17.9 Å². The lowest BCUT2D eigenvalue weighted by molar-refractivity contribution is 0.0795. The second-order valence-electron chi connectivity index (χ2n) is 8.38. The van der Waals surface area contributed by atoms with Gasteiger partial charge >= 0.3 is 0 Å². The molecule has 2 aliphatic rings. The number of pyridine rings is 1. The number of rotatable bonds is 4. The number of halogens is 1. The van der Waals surface area contributed by atoms with Crippen molar-refractivity contribution in [3.63, 3.8) is 0 Å². The lowest BCUT2D eigenvalue weighted by atomic mass is 10.1. The van der Waals surface area contributed by atoms with E-state index in [0.29, 0.717) is 47.3 Å². The fourth-order valence-corrected chi connectivity index (χ4v) is 4.05. The monoisotopic (exact) mass is 433 g/mol. The van der Waals surface area contributed by atoms with Crippen molar-refractivity contribution >= 4 is 17.2 Å². The van der Waals surface area contributed by atoms with Crippen LogP contribution in [0.2, 0.25) is 0 Å². The van der Waals surface area contributed by atoms with Crippen LogP contribution in [0.3, 0.4) is 0 Å². The van der Waals surface area contributed by atoms with Gasteiger partial charge in [0.1, 0.15) is 17.5 Å². The number of alkyl halides is 1. The highest BCUT2D eigenvalue weighted by Crippen LogP contribution is 2.43. The Hall–Kier alpha value is -3.59. The average Bonchev–Trinajstić information content (AvgIpc) is 3.17. The lowest BCUT2D eigenvalue weighted by Crippen LogP contribution is -2.15. The number of fused-ring (bicyclic) bond motifs is 2. The van der Waals surface area contributed by atoms with Gasteiger partial charge in [0.05, 0.1) is 24.8 Å². The molecule has 0 saturated heterocycles. The molecule has 4 aromatic rings. The first-order valence-corrected chi connectivity index (χ1v) is 10.5. The molecule has 8 nitrogen and oxygen atoms in total. The molecule has 0 bridgehead atoms. The summed E-state index contributed by atoms with van der Waals surface area (Å²) in [5.74, 6) is 0.103. The molecule has 0 radical (unpaired) electrons. The number of benzene rings is 1. The van der Waals surface area contributed by atoms with Gasteiger partial charge in [-0.3, -0.25) is 9.20 Å². The molecule has 3 aromatic heterocycles. The largest absolute Gasteiger partial charge is 0.369 e. The zero-order chi connectivity index (χ0) is 22.0. The SMILES string of the molecule is Cc1ccc(-c2noc([C@H]3C[C@@H]3F)n2)cc1NC(=O)c1cnc2cc3c(cn12)[C@H](C)OC3. The molecule has 1 saturated carbocycles. The summed E-state index contributed by atoms with van der Waals surface area (Å²) in [7, 11) is 0. The molecule has 162 valence electrons. The predicted molar refractivity (Wildman–Crippen MR) is 113 cm³/mol. The first-order chi connectivity index (χ1) is 15.5. The van der Waals surface area contributed by atoms with E-state index in [1.807, 2.05) is 38.2 Å². The number of anilines is 1. The van der Waals surface area contributed by atoms with Crippen LogP contribution in [-0.4, -0.2) is 31.6 Å². The topological polar surface area (TPSA) is 94.6 Å². The van der Waals surface area contributed by atoms with E-state index >= 15 is 0 Å². The summed E-state index contributed by atoms with van der Waals surface area (Å²) in [5.41, 5.74) is 5.46. The molecule has 1 amide bonds. The van der Waals surface area contributed by atoms with Gasteiger partial charge in [-0.1, -0.05) is 17.3 Å². The highest BCUT2D eigenvalue weighted by Gasteiger charge is 2.43. The zero-order valence-electron chi connectivity index (χ0n) is 17.5. The van der Waals surface area contributed by atoms with E-state index in [1.54, 1.807) is 16.7 Å². The molecular weight excluding hydrogens is 413 g/mol. The summed E-state index contributed by atoms with van der Waals surface area (Å²) < 4.78 is 26.0. The van der Waals surface area contributed by atoms with Gasteiger partial charge in [-0.25, -0.2) is 9.37 Å². The molecule has 6 rings (SSSR count). The summed E-state index contributed by atoms with van der Waals surface area (Å²) >= 11 is 0. The number of imidazole rings is 1. The minimum atomic E-state index is -0.905. The summed E-state index contributed by atoms with van der Waals surface area (Å²) in [6.07, 6.45) is 2.99. The van der Waals surface area contributed by atoms with Crippen molar-refractivity contribution in [2.75, 3.05) is 5.32 Å². The summed E-state index contributed by atoms with van der Waals surface area (Å²) in [4.78, 5) is 21.8. The van der Waals surface area contributed by atoms with Crippen molar-refractivity contribution in [3.8, 4) is 11.4 Å². The Morgan fingerprint density at radius 2 is 2.16 bits per heavy atom. The Bertz CT molecular complexity index is 1380. The number of aromatic nitrogens is 4. The number of nitrogens with one attached hydrogen (secondary N) is 1. The Kier molecular flexibility index (Phi) is 4.16. The molecule has 1 fully saturated rings. The summed E-state index contributed by atoms with van der Waals surface area (Å²) in [6, 6.07) is 7.46. The van der Waals surface area contributed by atoms with Gasteiger partial charge in [0.2, 0.25) is 11.7 Å². The number of carbonyl (C=O) groups excluding carboxylic acids is 1. The molecular formula is C23H20FN5O3. The summed E-state index contributed by atoms with van der Waals surface area (Å²) in [5, 5.41) is 6.94. The molecule has 1 aliphatic carbocycles. The first kappa shape index (κ1) is 19.1. The van der Waals surface area contributed by atoms with E-state index < -0.39 is 6.17 Å². The highest BCUT2D eigenvalue weighted by atomic mass is 19.1. The Labute approximate surface area is 182 Å². The fraction of sp³-hybridized carbons (Fsp3) is 0.304. The van der Waals surface area contributed by atoms with Crippen molar-refractivity contribution in [3.05, 3.63) is 64.9 Å².